The van der Waals surface area contributed by atoms with E-state index in [1.165, 1.54) is 12.1 Å². The van der Waals surface area contributed by atoms with Crippen LogP contribution in [0.2, 0.25) is 0 Å². The highest BCUT2D eigenvalue weighted by Crippen LogP contribution is 2.18. The molecular weight excluding hydrogens is 422 g/mol. The van der Waals surface area contributed by atoms with Crippen molar-refractivity contribution >= 4 is 39.3 Å². The number of esters is 1. The van der Waals surface area contributed by atoms with Gasteiger partial charge in [0, 0.05) is 15.7 Å². The zero-order valence-electron chi connectivity index (χ0n) is 14.7. The van der Waals surface area contributed by atoms with Crippen molar-refractivity contribution in [3.63, 3.8) is 0 Å². The zero-order chi connectivity index (χ0) is 19.9. The molecular formula is C22H16BrNO4. The van der Waals surface area contributed by atoms with Crippen molar-refractivity contribution in [2.24, 2.45) is 0 Å². The third kappa shape index (κ3) is 4.92. The Hall–Kier alpha value is -3.25. The fourth-order valence-electron chi connectivity index (χ4n) is 2.46. The second-order valence-corrected chi connectivity index (χ2v) is 6.73. The Morgan fingerprint density at radius 3 is 2.11 bits per heavy atom. The Balaban J connectivity index is 1.58. The van der Waals surface area contributed by atoms with Crippen molar-refractivity contribution in [2.75, 3.05) is 11.9 Å². The maximum absolute atomic E-state index is 12.3. The number of hydrogen-bond acceptors (Lipinski definition) is 4. The SMILES string of the molecule is O=C(COC(=O)c1ccc(NC(=O)c2ccccc2Br)cc1)c1ccccc1. The Kier molecular flexibility index (Phi) is 6.34. The molecule has 0 unspecified atom stereocenters. The molecule has 28 heavy (non-hydrogen) atoms. The van der Waals surface area contributed by atoms with E-state index < -0.39 is 5.97 Å². The largest absolute Gasteiger partial charge is 0.454 e. The average molecular weight is 438 g/mol. The first-order valence-corrected chi connectivity index (χ1v) is 9.25. The third-order valence-electron chi connectivity index (χ3n) is 3.93. The van der Waals surface area contributed by atoms with Crippen molar-refractivity contribution in [3.8, 4) is 0 Å². The minimum Gasteiger partial charge on any atom is -0.454 e. The second kappa shape index (κ2) is 9.10. The minimum absolute atomic E-state index is 0.267. The van der Waals surface area contributed by atoms with Gasteiger partial charge in [0.2, 0.25) is 0 Å². The molecule has 3 aromatic carbocycles. The first-order chi connectivity index (χ1) is 13.5. The van der Waals surface area contributed by atoms with Gasteiger partial charge in [0.1, 0.15) is 0 Å². The molecule has 0 aromatic heterocycles. The highest BCUT2D eigenvalue weighted by atomic mass is 79.9. The molecule has 0 bridgehead atoms. The van der Waals surface area contributed by atoms with Crippen molar-refractivity contribution < 1.29 is 19.1 Å². The lowest BCUT2D eigenvalue weighted by atomic mass is 10.1. The van der Waals surface area contributed by atoms with Crippen molar-refractivity contribution in [2.45, 2.75) is 0 Å². The number of Topliss-reactive ketones (excluding diaryl/α,β-unsaturated/α-hetero) is 1. The smallest absolute Gasteiger partial charge is 0.338 e. The van der Waals surface area contributed by atoms with E-state index in [4.69, 9.17) is 4.74 Å². The number of carbonyl (C=O) groups is 3. The lowest BCUT2D eigenvalue weighted by Gasteiger charge is -2.08. The predicted octanol–water partition coefficient (Wildman–Crippen LogP) is 4.74. The Bertz CT molecular complexity index is 1000. The van der Waals surface area contributed by atoms with Gasteiger partial charge in [-0.25, -0.2) is 4.79 Å². The van der Waals surface area contributed by atoms with Crippen LogP contribution in [0.5, 0.6) is 0 Å². The molecule has 0 aliphatic rings. The van der Waals surface area contributed by atoms with Crippen molar-refractivity contribution in [1.82, 2.24) is 0 Å². The maximum Gasteiger partial charge on any atom is 0.338 e. The molecule has 0 spiro atoms. The highest BCUT2D eigenvalue weighted by molar-refractivity contribution is 9.10. The van der Waals surface area contributed by atoms with Crippen LogP contribution in [0, 0.1) is 0 Å². The summed E-state index contributed by atoms with van der Waals surface area (Å²) in [6.45, 7) is -0.330. The molecule has 0 fully saturated rings. The lowest BCUT2D eigenvalue weighted by molar-refractivity contribution is 0.0475. The first-order valence-electron chi connectivity index (χ1n) is 8.46. The number of rotatable bonds is 6. The number of carbonyl (C=O) groups excluding carboxylic acids is 3. The third-order valence-corrected chi connectivity index (χ3v) is 4.62. The monoisotopic (exact) mass is 437 g/mol. The van der Waals surface area contributed by atoms with Gasteiger partial charge in [-0.1, -0.05) is 42.5 Å². The number of ketones is 1. The summed E-state index contributed by atoms with van der Waals surface area (Å²) in [5, 5.41) is 2.76. The van der Waals surface area contributed by atoms with E-state index >= 15 is 0 Å². The molecule has 0 aliphatic heterocycles. The van der Waals surface area contributed by atoms with Gasteiger partial charge in [-0.3, -0.25) is 9.59 Å². The van der Waals surface area contributed by atoms with Crippen LogP contribution in [-0.2, 0) is 4.74 Å². The molecule has 6 heteroatoms. The molecule has 1 amide bonds. The summed E-state index contributed by atoms with van der Waals surface area (Å²) >= 11 is 3.34. The van der Waals surface area contributed by atoms with Crippen LogP contribution < -0.4 is 5.32 Å². The summed E-state index contributed by atoms with van der Waals surface area (Å²) in [5.74, 6) is -1.14. The topological polar surface area (TPSA) is 72.5 Å². The van der Waals surface area contributed by atoms with Gasteiger partial charge in [-0.2, -0.15) is 0 Å². The molecule has 0 radical (unpaired) electrons. The molecule has 0 aliphatic carbocycles. The van der Waals surface area contributed by atoms with E-state index in [1.807, 2.05) is 6.07 Å². The van der Waals surface area contributed by atoms with Crippen LogP contribution in [0.1, 0.15) is 31.1 Å². The number of benzene rings is 3. The summed E-state index contributed by atoms with van der Waals surface area (Å²) in [6.07, 6.45) is 0. The molecule has 0 heterocycles. The Morgan fingerprint density at radius 1 is 0.786 bits per heavy atom. The van der Waals surface area contributed by atoms with Gasteiger partial charge in [-0.05, 0) is 52.3 Å². The van der Waals surface area contributed by atoms with Crippen LogP contribution in [-0.4, -0.2) is 24.3 Å². The van der Waals surface area contributed by atoms with E-state index in [9.17, 15) is 14.4 Å². The number of anilines is 1. The van der Waals surface area contributed by atoms with Crippen LogP contribution in [0.15, 0.2) is 83.3 Å². The van der Waals surface area contributed by atoms with Gasteiger partial charge in [-0.15, -0.1) is 0 Å². The summed E-state index contributed by atoms with van der Waals surface area (Å²) < 4.78 is 5.76. The number of amides is 1. The van der Waals surface area contributed by atoms with E-state index in [2.05, 4.69) is 21.2 Å². The van der Waals surface area contributed by atoms with E-state index in [-0.39, 0.29) is 18.3 Å². The fraction of sp³-hybridized carbons (Fsp3) is 0.0455. The Morgan fingerprint density at radius 2 is 1.43 bits per heavy atom. The molecule has 0 saturated carbocycles. The van der Waals surface area contributed by atoms with E-state index in [0.29, 0.717) is 26.9 Å². The second-order valence-electron chi connectivity index (χ2n) is 5.88. The molecule has 5 nitrogen and oxygen atoms in total. The molecule has 0 atom stereocenters. The summed E-state index contributed by atoms with van der Waals surface area (Å²) in [7, 11) is 0. The normalized spacial score (nSPS) is 10.2. The molecule has 3 rings (SSSR count). The van der Waals surface area contributed by atoms with Crippen LogP contribution in [0.3, 0.4) is 0 Å². The number of ether oxygens (including phenoxy) is 1. The zero-order valence-corrected chi connectivity index (χ0v) is 16.3. The Labute approximate surface area is 170 Å². The number of hydrogen-bond donors (Lipinski definition) is 1. The maximum atomic E-state index is 12.3. The molecule has 3 aromatic rings. The van der Waals surface area contributed by atoms with Gasteiger partial charge >= 0.3 is 5.97 Å². The summed E-state index contributed by atoms with van der Waals surface area (Å²) in [6, 6.07) is 22.0. The first kappa shape index (κ1) is 19.5. The van der Waals surface area contributed by atoms with E-state index in [0.717, 1.165) is 0 Å². The van der Waals surface area contributed by atoms with Gasteiger partial charge < -0.3 is 10.1 Å². The quantitative estimate of drug-likeness (QED) is 0.446. The predicted molar refractivity (Wildman–Crippen MR) is 110 cm³/mol. The average Bonchev–Trinajstić information content (AvgIpc) is 2.73. The minimum atomic E-state index is -0.604. The molecule has 0 saturated heterocycles. The molecule has 140 valence electrons. The standard InChI is InChI=1S/C22H16BrNO4/c23-19-9-5-4-8-18(19)21(26)24-17-12-10-16(11-13-17)22(27)28-14-20(25)15-6-2-1-3-7-15/h1-13H,14H2,(H,24,26). The van der Waals surface area contributed by atoms with Crippen LogP contribution >= 0.6 is 15.9 Å². The van der Waals surface area contributed by atoms with E-state index in [1.54, 1.807) is 60.7 Å². The fourth-order valence-corrected chi connectivity index (χ4v) is 2.92. The number of halogens is 1. The van der Waals surface area contributed by atoms with Gasteiger partial charge in [0.05, 0.1) is 11.1 Å². The highest BCUT2D eigenvalue weighted by Gasteiger charge is 2.13. The van der Waals surface area contributed by atoms with Crippen molar-refractivity contribution in [1.29, 1.82) is 0 Å². The van der Waals surface area contributed by atoms with Gasteiger partial charge in [0.25, 0.3) is 5.91 Å². The number of nitrogens with one attached hydrogen (secondary N) is 1. The molecule has 1 N–H and O–H groups in total. The summed E-state index contributed by atoms with van der Waals surface area (Å²) in [5.41, 5.74) is 1.82. The lowest BCUT2D eigenvalue weighted by Crippen LogP contribution is -2.15. The summed E-state index contributed by atoms with van der Waals surface area (Å²) in [4.78, 5) is 36.4. The van der Waals surface area contributed by atoms with Crippen LogP contribution in [0.4, 0.5) is 5.69 Å². The van der Waals surface area contributed by atoms with Crippen molar-refractivity contribution in [3.05, 3.63) is 100 Å². The van der Waals surface area contributed by atoms with Gasteiger partial charge in [0.15, 0.2) is 12.4 Å². The van der Waals surface area contributed by atoms with Crippen LogP contribution in [0.25, 0.3) is 0 Å².